The lowest BCUT2D eigenvalue weighted by molar-refractivity contribution is -0.134. The van der Waals surface area contributed by atoms with Crippen molar-refractivity contribution in [1.82, 2.24) is 4.90 Å². The van der Waals surface area contributed by atoms with Crippen molar-refractivity contribution in [2.24, 2.45) is 5.73 Å². The molecule has 2 rings (SSSR count). The Labute approximate surface area is 278 Å². The lowest BCUT2D eigenvalue weighted by Gasteiger charge is -2.45. The van der Waals surface area contributed by atoms with Gasteiger partial charge in [0.25, 0.3) is 0 Å². The first kappa shape index (κ1) is 39.5. The van der Waals surface area contributed by atoms with Crippen molar-refractivity contribution in [1.29, 1.82) is 0 Å². The van der Waals surface area contributed by atoms with Gasteiger partial charge in [-0.05, 0) is 51.2 Å². The zero-order valence-corrected chi connectivity index (χ0v) is 29.4. The second-order valence-electron chi connectivity index (χ2n) is 12.5. The van der Waals surface area contributed by atoms with E-state index in [0.717, 1.165) is 24.8 Å². The summed E-state index contributed by atoms with van der Waals surface area (Å²) in [6, 6.07) is 7.73. The summed E-state index contributed by atoms with van der Waals surface area (Å²) in [5, 5.41) is 21.5. The maximum absolute atomic E-state index is 13.2. The molecule has 0 bridgehead atoms. The van der Waals surface area contributed by atoms with Gasteiger partial charge in [0.15, 0.2) is 0 Å². The molecule has 1 aliphatic rings. The summed E-state index contributed by atoms with van der Waals surface area (Å²) in [6.45, 7) is 11.4. The molecule has 46 heavy (non-hydrogen) atoms. The van der Waals surface area contributed by atoms with Crippen LogP contribution < -0.4 is 5.73 Å². The normalized spacial score (nSPS) is 17.6. The molecule has 8 nitrogen and oxygen atoms in total. The molecule has 1 aromatic carbocycles. The van der Waals surface area contributed by atoms with Crippen LogP contribution in [0.1, 0.15) is 129 Å². The maximum Gasteiger partial charge on any atom is 0.334 e. The molecule has 8 heteroatoms. The highest BCUT2D eigenvalue weighted by molar-refractivity contribution is 6.01. The predicted octanol–water partition coefficient (Wildman–Crippen LogP) is 7.99. The molecule has 2 atom stereocenters. The molecule has 0 spiro atoms. The van der Waals surface area contributed by atoms with Crippen LogP contribution >= 0.6 is 0 Å². The summed E-state index contributed by atoms with van der Waals surface area (Å²) < 4.78 is 12.0. The summed E-state index contributed by atoms with van der Waals surface area (Å²) in [6.07, 6.45) is 15.8. The van der Waals surface area contributed by atoms with Crippen molar-refractivity contribution in [3.05, 3.63) is 57.9 Å². The van der Waals surface area contributed by atoms with E-state index < -0.39 is 17.4 Å². The standard InChI is InChI=1S/C38H62N2O6/c1-6-10-11-12-13-14-15-16-17-18-19-23-31(46-9-4)27-30-22-20-21-24-32(30)38(7-2)34(36(41)42)29(5)40(8-3)33(28-45-26-25-39)35(38)37(43)44/h20-22,24,31H,6-19,23,25-28,39H2,1-5H3,(H,41,42)(H,43,44). The Bertz CT molecular complexity index is 1150. The first-order valence-electron chi connectivity index (χ1n) is 17.9. The molecule has 0 saturated carbocycles. The van der Waals surface area contributed by atoms with Gasteiger partial charge in [-0.15, -0.1) is 0 Å². The molecule has 1 heterocycles. The molecule has 260 valence electrons. The van der Waals surface area contributed by atoms with E-state index in [1.165, 1.54) is 57.8 Å². The molecular weight excluding hydrogens is 580 g/mol. The van der Waals surface area contributed by atoms with Gasteiger partial charge in [0, 0.05) is 25.4 Å². The van der Waals surface area contributed by atoms with Gasteiger partial charge < -0.3 is 30.3 Å². The van der Waals surface area contributed by atoms with Crippen LogP contribution in [0.5, 0.6) is 0 Å². The van der Waals surface area contributed by atoms with Crippen LogP contribution in [0, 0.1) is 0 Å². The third-order valence-electron chi connectivity index (χ3n) is 9.47. The lowest BCUT2D eigenvalue weighted by Crippen LogP contribution is -2.47. The van der Waals surface area contributed by atoms with Crippen LogP contribution in [0.2, 0.25) is 0 Å². The summed E-state index contributed by atoms with van der Waals surface area (Å²) in [5.41, 5.74) is 7.10. The Hall–Kier alpha value is -2.68. The number of likely N-dealkylation sites (N-methyl/N-ethyl adjacent to an activating group) is 1. The number of nitrogens with two attached hydrogens (primary N) is 1. The van der Waals surface area contributed by atoms with E-state index in [2.05, 4.69) is 6.92 Å². The molecule has 4 N–H and O–H groups in total. The number of nitrogens with zero attached hydrogens (tertiary/aromatic N) is 1. The van der Waals surface area contributed by atoms with E-state index in [4.69, 9.17) is 15.2 Å². The largest absolute Gasteiger partial charge is 0.478 e. The average Bonchev–Trinajstić information content (AvgIpc) is 3.03. The maximum atomic E-state index is 13.2. The first-order valence-corrected chi connectivity index (χ1v) is 17.9. The van der Waals surface area contributed by atoms with E-state index in [1.54, 1.807) is 11.8 Å². The van der Waals surface area contributed by atoms with Crippen molar-refractivity contribution in [3.8, 4) is 0 Å². The van der Waals surface area contributed by atoms with Crippen molar-refractivity contribution in [2.75, 3.05) is 32.9 Å². The zero-order chi connectivity index (χ0) is 34.0. The van der Waals surface area contributed by atoms with Gasteiger partial charge in [0.1, 0.15) is 0 Å². The molecule has 0 amide bonds. The molecule has 0 aliphatic carbocycles. The predicted molar refractivity (Wildman–Crippen MR) is 186 cm³/mol. The quantitative estimate of drug-likeness (QED) is 0.0918. The summed E-state index contributed by atoms with van der Waals surface area (Å²) in [5.74, 6) is -2.26. The summed E-state index contributed by atoms with van der Waals surface area (Å²) in [7, 11) is 0. The number of hydrogen-bond acceptors (Lipinski definition) is 6. The van der Waals surface area contributed by atoms with Crippen LogP contribution in [0.4, 0.5) is 0 Å². The molecule has 2 unspecified atom stereocenters. The van der Waals surface area contributed by atoms with Crippen LogP contribution in [-0.4, -0.2) is 66.1 Å². The van der Waals surface area contributed by atoms with Crippen LogP contribution in [0.15, 0.2) is 46.8 Å². The number of benzene rings is 1. The SMILES string of the molecule is CCCCCCCCCCCCCC(Cc1ccccc1C1(CC)C(C(=O)O)=C(C)N(CC)C(COCCN)=C1C(=O)O)OCC. The number of aliphatic carboxylic acids is 2. The Morgan fingerprint density at radius 2 is 1.46 bits per heavy atom. The summed E-state index contributed by atoms with van der Waals surface area (Å²) in [4.78, 5) is 28.1. The third kappa shape index (κ3) is 10.4. The van der Waals surface area contributed by atoms with Gasteiger partial charge in [-0.3, -0.25) is 0 Å². The number of unbranched alkanes of at least 4 members (excludes halogenated alkanes) is 10. The van der Waals surface area contributed by atoms with E-state index in [0.29, 0.717) is 43.1 Å². The topological polar surface area (TPSA) is 122 Å². The number of hydrogen-bond donors (Lipinski definition) is 3. The fourth-order valence-electron chi connectivity index (χ4n) is 7.32. The minimum Gasteiger partial charge on any atom is -0.478 e. The third-order valence-corrected chi connectivity index (χ3v) is 9.47. The average molecular weight is 643 g/mol. The number of carboxylic acids is 2. The second-order valence-corrected chi connectivity index (χ2v) is 12.5. The number of carboxylic acid groups (broad SMARTS) is 2. The van der Waals surface area contributed by atoms with Crippen molar-refractivity contribution < 1.29 is 29.3 Å². The Kier molecular flexibility index (Phi) is 18.2. The first-order chi connectivity index (χ1) is 22.2. The molecular formula is C38H62N2O6. The Balaban J connectivity index is 2.38. The van der Waals surface area contributed by atoms with Crippen molar-refractivity contribution in [2.45, 2.75) is 136 Å². The molecule has 0 radical (unpaired) electrons. The van der Waals surface area contributed by atoms with Gasteiger partial charge in [-0.2, -0.15) is 0 Å². The van der Waals surface area contributed by atoms with Gasteiger partial charge in [0.2, 0.25) is 0 Å². The minimum absolute atomic E-state index is 0.0290. The van der Waals surface area contributed by atoms with Crippen LogP contribution in [-0.2, 0) is 30.9 Å². The minimum atomic E-state index is -1.38. The van der Waals surface area contributed by atoms with Crippen LogP contribution in [0.25, 0.3) is 0 Å². The number of ether oxygens (including phenoxy) is 2. The van der Waals surface area contributed by atoms with Gasteiger partial charge in [0.05, 0.1) is 41.6 Å². The second kappa shape index (κ2) is 21.2. The highest BCUT2D eigenvalue weighted by Crippen LogP contribution is 2.50. The Morgan fingerprint density at radius 1 is 0.870 bits per heavy atom. The van der Waals surface area contributed by atoms with E-state index >= 15 is 0 Å². The van der Waals surface area contributed by atoms with Gasteiger partial charge in [-0.25, -0.2) is 9.59 Å². The number of allylic oxidation sites excluding steroid dienone is 1. The zero-order valence-electron chi connectivity index (χ0n) is 29.4. The van der Waals surface area contributed by atoms with E-state index in [1.807, 2.05) is 45.0 Å². The number of rotatable bonds is 25. The van der Waals surface area contributed by atoms with Crippen molar-refractivity contribution in [3.63, 3.8) is 0 Å². The molecule has 0 fully saturated rings. The fraction of sp³-hybridized carbons (Fsp3) is 0.684. The smallest absolute Gasteiger partial charge is 0.334 e. The molecule has 0 aromatic heterocycles. The van der Waals surface area contributed by atoms with E-state index in [9.17, 15) is 19.8 Å². The highest BCUT2D eigenvalue weighted by atomic mass is 16.5. The fourth-order valence-corrected chi connectivity index (χ4v) is 7.32. The van der Waals surface area contributed by atoms with E-state index in [-0.39, 0.29) is 36.9 Å². The molecule has 0 saturated heterocycles. The van der Waals surface area contributed by atoms with Crippen LogP contribution in [0.3, 0.4) is 0 Å². The summed E-state index contributed by atoms with van der Waals surface area (Å²) >= 11 is 0. The highest BCUT2D eigenvalue weighted by Gasteiger charge is 2.52. The molecule has 1 aromatic rings. The van der Waals surface area contributed by atoms with Gasteiger partial charge in [-0.1, -0.05) is 109 Å². The monoisotopic (exact) mass is 642 g/mol. The Morgan fingerprint density at radius 3 is 1.98 bits per heavy atom. The van der Waals surface area contributed by atoms with Crippen molar-refractivity contribution >= 4 is 11.9 Å². The molecule has 1 aliphatic heterocycles. The lowest BCUT2D eigenvalue weighted by atomic mass is 9.62. The van der Waals surface area contributed by atoms with Gasteiger partial charge >= 0.3 is 11.9 Å². The number of carbonyl (C=O) groups is 2.